The van der Waals surface area contributed by atoms with Crippen LogP contribution in [-0.2, 0) is 4.74 Å². The predicted molar refractivity (Wildman–Crippen MR) is 115 cm³/mol. The van der Waals surface area contributed by atoms with E-state index >= 15 is 0 Å². The Morgan fingerprint density at radius 3 is 2.69 bits per heavy atom. The van der Waals surface area contributed by atoms with Gasteiger partial charge < -0.3 is 14.6 Å². The third-order valence-corrected chi connectivity index (χ3v) is 6.07. The van der Waals surface area contributed by atoms with Crippen molar-refractivity contribution in [1.82, 2.24) is 9.55 Å². The Labute approximate surface area is 168 Å². The average molecular weight is 383 g/mol. The van der Waals surface area contributed by atoms with Crippen molar-refractivity contribution in [3.63, 3.8) is 0 Å². The molecule has 0 amide bonds. The number of nitrogens with one attached hydrogen (secondary N) is 1. The zero-order valence-electron chi connectivity index (χ0n) is 15.9. The normalized spacial score (nSPS) is 21.2. The summed E-state index contributed by atoms with van der Waals surface area (Å²) in [5.74, 6) is 0.287. The fourth-order valence-corrected chi connectivity index (χ4v) is 4.32. The Morgan fingerprint density at radius 1 is 0.966 bits per heavy atom. The standard InChI is InChI=1S/C24H21N3O2/c28-24-23-16(5-3-7-21(23)25-17-13-29-14-17)10-11-27(24)22-12-18(22)20-9-8-15-4-1-2-6-19(15)26-20/h1-11,17-18,22,25H,12-14H2/t18?,22-/m1/s1. The second-order valence-corrected chi connectivity index (χ2v) is 8.02. The van der Waals surface area contributed by atoms with E-state index in [1.807, 2.05) is 53.2 Å². The van der Waals surface area contributed by atoms with E-state index in [1.54, 1.807) is 0 Å². The molecule has 3 heterocycles. The lowest BCUT2D eigenvalue weighted by molar-refractivity contribution is 0.0211. The maximum atomic E-state index is 13.4. The summed E-state index contributed by atoms with van der Waals surface area (Å²) in [4.78, 5) is 18.2. The summed E-state index contributed by atoms with van der Waals surface area (Å²) in [7, 11) is 0. The summed E-state index contributed by atoms with van der Waals surface area (Å²) < 4.78 is 7.16. The average Bonchev–Trinajstić information content (AvgIpc) is 3.51. The Hall–Kier alpha value is -3.18. The Morgan fingerprint density at radius 2 is 1.83 bits per heavy atom. The molecule has 1 aliphatic carbocycles. The van der Waals surface area contributed by atoms with Crippen LogP contribution in [0.15, 0.2) is 71.7 Å². The van der Waals surface area contributed by atoms with Crippen molar-refractivity contribution in [3.05, 3.63) is 82.9 Å². The van der Waals surface area contributed by atoms with Crippen LogP contribution < -0.4 is 10.9 Å². The smallest absolute Gasteiger partial charge is 0.260 e. The second-order valence-electron chi connectivity index (χ2n) is 8.02. The van der Waals surface area contributed by atoms with E-state index in [9.17, 15) is 4.79 Å². The maximum absolute atomic E-state index is 13.4. The van der Waals surface area contributed by atoms with Gasteiger partial charge in [0, 0.05) is 34.9 Å². The number of anilines is 1. The number of hydrogen-bond acceptors (Lipinski definition) is 4. The van der Waals surface area contributed by atoms with Gasteiger partial charge in [0.05, 0.1) is 30.2 Å². The van der Waals surface area contributed by atoms with E-state index in [1.165, 1.54) is 0 Å². The maximum Gasteiger partial charge on any atom is 0.260 e. The molecule has 0 radical (unpaired) electrons. The summed E-state index contributed by atoms with van der Waals surface area (Å²) in [6.45, 7) is 1.38. The Balaban J connectivity index is 1.36. The number of ether oxygens (including phenoxy) is 1. The first kappa shape index (κ1) is 16.7. The van der Waals surface area contributed by atoms with Crippen molar-refractivity contribution < 1.29 is 4.74 Å². The minimum Gasteiger partial charge on any atom is -0.377 e. The van der Waals surface area contributed by atoms with Crippen LogP contribution in [0, 0.1) is 0 Å². The van der Waals surface area contributed by atoms with Gasteiger partial charge in [-0.1, -0.05) is 36.4 Å². The van der Waals surface area contributed by atoms with E-state index < -0.39 is 0 Å². The molecule has 1 aliphatic heterocycles. The van der Waals surface area contributed by atoms with Gasteiger partial charge in [-0.3, -0.25) is 9.78 Å². The van der Waals surface area contributed by atoms with Gasteiger partial charge in [0.2, 0.25) is 0 Å². The van der Waals surface area contributed by atoms with Crippen molar-refractivity contribution in [1.29, 1.82) is 0 Å². The highest BCUT2D eigenvalue weighted by Gasteiger charge is 2.41. The molecule has 6 rings (SSSR count). The molecule has 1 saturated carbocycles. The van der Waals surface area contributed by atoms with Crippen molar-refractivity contribution in [2.24, 2.45) is 0 Å². The molecule has 2 fully saturated rings. The molecule has 1 N–H and O–H groups in total. The van der Waals surface area contributed by atoms with Crippen LogP contribution in [0.5, 0.6) is 0 Å². The molecule has 2 aliphatic rings. The SMILES string of the molecule is O=c1c2c(NC3COC3)cccc2ccn1[C@@H]1CC1c1ccc2ccccc2n1. The zero-order valence-corrected chi connectivity index (χ0v) is 15.9. The minimum atomic E-state index is 0.0686. The molecule has 1 saturated heterocycles. The molecule has 2 aromatic carbocycles. The quantitative estimate of drug-likeness (QED) is 0.577. The number of fused-ring (bicyclic) bond motifs is 2. The third kappa shape index (κ3) is 2.81. The molecule has 0 spiro atoms. The van der Waals surface area contributed by atoms with Crippen molar-refractivity contribution >= 4 is 27.4 Å². The molecular weight excluding hydrogens is 362 g/mol. The van der Waals surface area contributed by atoms with Crippen molar-refractivity contribution in [2.75, 3.05) is 18.5 Å². The summed E-state index contributed by atoms with van der Waals surface area (Å²) >= 11 is 0. The van der Waals surface area contributed by atoms with Gasteiger partial charge in [-0.2, -0.15) is 0 Å². The molecule has 0 bridgehead atoms. The highest BCUT2D eigenvalue weighted by atomic mass is 16.5. The van der Waals surface area contributed by atoms with Crippen LogP contribution in [0.25, 0.3) is 21.7 Å². The number of hydrogen-bond donors (Lipinski definition) is 1. The van der Waals surface area contributed by atoms with Crippen LogP contribution in [0.1, 0.15) is 24.1 Å². The van der Waals surface area contributed by atoms with E-state index in [2.05, 4.69) is 23.5 Å². The summed E-state index contributed by atoms with van der Waals surface area (Å²) in [5, 5.41) is 6.34. The second kappa shape index (κ2) is 6.42. The molecule has 2 aromatic heterocycles. The van der Waals surface area contributed by atoms with E-state index in [4.69, 9.17) is 9.72 Å². The van der Waals surface area contributed by atoms with Crippen LogP contribution in [0.4, 0.5) is 5.69 Å². The summed E-state index contributed by atoms with van der Waals surface area (Å²) in [6, 6.07) is 20.9. The largest absolute Gasteiger partial charge is 0.377 e. The summed E-state index contributed by atoms with van der Waals surface area (Å²) in [6.07, 6.45) is 2.88. The number of para-hydroxylation sites is 1. The van der Waals surface area contributed by atoms with Gasteiger partial charge in [-0.05, 0) is 36.1 Å². The summed E-state index contributed by atoms with van der Waals surface area (Å²) in [5.41, 5.74) is 3.05. The number of nitrogens with zero attached hydrogens (tertiary/aromatic N) is 2. The first-order valence-electron chi connectivity index (χ1n) is 10.1. The van der Waals surface area contributed by atoms with Crippen molar-refractivity contribution in [3.8, 4) is 0 Å². The molecule has 5 heteroatoms. The van der Waals surface area contributed by atoms with E-state index in [0.29, 0.717) is 13.2 Å². The van der Waals surface area contributed by atoms with Crippen molar-refractivity contribution in [2.45, 2.75) is 24.4 Å². The lowest BCUT2D eigenvalue weighted by Crippen LogP contribution is -2.40. The first-order chi connectivity index (χ1) is 14.3. The molecule has 4 aromatic rings. The molecule has 5 nitrogen and oxygen atoms in total. The fourth-order valence-electron chi connectivity index (χ4n) is 4.32. The van der Waals surface area contributed by atoms with E-state index in [0.717, 1.165) is 39.5 Å². The Kier molecular flexibility index (Phi) is 3.71. The monoisotopic (exact) mass is 383 g/mol. The topological polar surface area (TPSA) is 56.1 Å². The molecule has 144 valence electrons. The number of aromatic nitrogens is 2. The van der Waals surface area contributed by atoms with Crippen LogP contribution >= 0.6 is 0 Å². The Bertz CT molecular complexity index is 1290. The first-order valence-corrected chi connectivity index (χ1v) is 10.1. The van der Waals surface area contributed by atoms with Gasteiger partial charge in [-0.25, -0.2) is 0 Å². The zero-order chi connectivity index (χ0) is 19.4. The van der Waals surface area contributed by atoms with Gasteiger partial charge >= 0.3 is 0 Å². The minimum absolute atomic E-state index is 0.0686. The number of benzene rings is 2. The predicted octanol–water partition coefficient (Wildman–Crippen LogP) is 4.09. The van der Waals surface area contributed by atoms with Gasteiger partial charge in [-0.15, -0.1) is 0 Å². The molecular formula is C24H21N3O2. The van der Waals surface area contributed by atoms with Gasteiger partial charge in [0.1, 0.15) is 0 Å². The van der Waals surface area contributed by atoms with Crippen LogP contribution in [0.3, 0.4) is 0 Å². The molecule has 1 unspecified atom stereocenters. The lowest BCUT2D eigenvalue weighted by atomic mass is 10.1. The van der Waals surface area contributed by atoms with Gasteiger partial charge in [0.25, 0.3) is 5.56 Å². The van der Waals surface area contributed by atoms with Crippen LogP contribution in [-0.4, -0.2) is 28.8 Å². The van der Waals surface area contributed by atoms with Gasteiger partial charge in [0.15, 0.2) is 0 Å². The molecule has 29 heavy (non-hydrogen) atoms. The highest BCUT2D eigenvalue weighted by Crippen LogP contribution is 2.50. The van der Waals surface area contributed by atoms with E-state index in [-0.39, 0.29) is 23.6 Å². The van der Waals surface area contributed by atoms with Crippen LogP contribution in [0.2, 0.25) is 0 Å². The number of pyridine rings is 2. The lowest BCUT2D eigenvalue weighted by Gasteiger charge is -2.28. The highest BCUT2D eigenvalue weighted by molar-refractivity contribution is 5.93. The third-order valence-electron chi connectivity index (χ3n) is 6.07. The number of rotatable bonds is 4. The molecule has 2 atom stereocenters. The fraction of sp³-hybridized carbons (Fsp3) is 0.250.